The molecule has 0 aliphatic carbocycles. The first kappa shape index (κ1) is 15.7. The highest BCUT2D eigenvalue weighted by Gasteiger charge is 2.07. The van der Waals surface area contributed by atoms with Crippen molar-refractivity contribution in [3.05, 3.63) is 23.8 Å². The van der Waals surface area contributed by atoms with Crippen molar-refractivity contribution in [3.63, 3.8) is 0 Å². The Morgan fingerprint density at radius 1 is 1.00 bits per heavy atom. The molecule has 2 rings (SSSR count). The molecule has 1 heterocycles. The fourth-order valence-corrected chi connectivity index (χ4v) is 2.47. The third-order valence-corrected chi connectivity index (χ3v) is 3.52. The molecule has 0 amide bonds. The maximum Gasteiger partial charge on any atom is 0.161 e. The van der Waals surface area contributed by atoms with E-state index in [-0.39, 0.29) is 0 Å². The summed E-state index contributed by atoms with van der Waals surface area (Å²) < 4.78 is 11.2. The number of ether oxygens (including phenoxy) is 2. The zero-order valence-corrected chi connectivity index (χ0v) is 13.2. The number of hydrogen-bond donors (Lipinski definition) is 0. The van der Waals surface area contributed by atoms with Gasteiger partial charge in [-0.05, 0) is 50.5 Å². The number of hydrazone groups is 1. The van der Waals surface area contributed by atoms with E-state index in [9.17, 15) is 0 Å². The molecular weight excluding hydrogens is 264 g/mol. The summed E-state index contributed by atoms with van der Waals surface area (Å²) in [6.07, 6.45) is 7.05. The van der Waals surface area contributed by atoms with Crippen LogP contribution in [0, 0.1) is 0 Å². The highest BCUT2D eigenvalue weighted by Crippen LogP contribution is 2.28. The van der Waals surface area contributed by atoms with E-state index >= 15 is 0 Å². The quantitative estimate of drug-likeness (QED) is 0.749. The molecule has 21 heavy (non-hydrogen) atoms. The van der Waals surface area contributed by atoms with Crippen LogP contribution in [-0.4, -0.2) is 37.5 Å². The van der Waals surface area contributed by atoms with Crippen molar-refractivity contribution in [2.24, 2.45) is 5.10 Å². The number of hydrogen-bond acceptors (Lipinski definition) is 4. The molecule has 0 unspecified atom stereocenters. The summed E-state index contributed by atoms with van der Waals surface area (Å²) in [5.41, 5.74) is 1.05. The van der Waals surface area contributed by atoms with Crippen LogP contribution in [0.25, 0.3) is 0 Å². The molecule has 0 spiro atoms. The van der Waals surface area contributed by atoms with Crippen molar-refractivity contribution in [1.82, 2.24) is 5.01 Å². The van der Waals surface area contributed by atoms with E-state index in [1.807, 2.05) is 38.3 Å². The summed E-state index contributed by atoms with van der Waals surface area (Å²) in [4.78, 5) is 0. The minimum atomic E-state index is 0.632. The molecule has 4 heteroatoms. The van der Waals surface area contributed by atoms with Gasteiger partial charge in [-0.3, -0.25) is 5.01 Å². The maximum atomic E-state index is 5.64. The predicted octanol–water partition coefficient (Wildman–Crippen LogP) is 3.69. The Hall–Kier alpha value is -1.71. The Kier molecular flexibility index (Phi) is 6.38. The lowest BCUT2D eigenvalue weighted by molar-refractivity contribution is 0.287. The second kappa shape index (κ2) is 8.55. The normalized spacial score (nSPS) is 16.0. The van der Waals surface area contributed by atoms with Gasteiger partial charge in [0.2, 0.25) is 0 Å². The third-order valence-electron chi connectivity index (χ3n) is 3.52. The smallest absolute Gasteiger partial charge is 0.161 e. The zero-order valence-electron chi connectivity index (χ0n) is 13.2. The molecule has 1 aliphatic heterocycles. The Bertz CT molecular complexity index is 452. The van der Waals surface area contributed by atoms with Gasteiger partial charge >= 0.3 is 0 Å². The molecule has 1 aromatic rings. The van der Waals surface area contributed by atoms with Gasteiger partial charge in [0.15, 0.2) is 11.5 Å². The van der Waals surface area contributed by atoms with E-state index in [4.69, 9.17) is 9.47 Å². The van der Waals surface area contributed by atoms with Crippen LogP contribution in [0.3, 0.4) is 0 Å². The Morgan fingerprint density at radius 2 is 1.67 bits per heavy atom. The second-order valence-corrected chi connectivity index (χ2v) is 5.18. The van der Waals surface area contributed by atoms with Crippen LogP contribution >= 0.6 is 0 Å². The molecule has 4 nitrogen and oxygen atoms in total. The van der Waals surface area contributed by atoms with Gasteiger partial charge in [-0.15, -0.1) is 0 Å². The van der Waals surface area contributed by atoms with Crippen LogP contribution < -0.4 is 9.47 Å². The lowest BCUT2D eigenvalue weighted by Crippen LogP contribution is -2.18. The van der Waals surface area contributed by atoms with E-state index in [2.05, 4.69) is 10.1 Å². The molecule has 1 aromatic carbocycles. The average Bonchev–Trinajstić information content (AvgIpc) is 2.76. The van der Waals surface area contributed by atoms with Crippen LogP contribution in [0.1, 0.15) is 45.1 Å². The van der Waals surface area contributed by atoms with Crippen molar-refractivity contribution in [3.8, 4) is 11.5 Å². The van der Waals surface area contributed by atoms with E-state index in [1.54, 1.807) is 0 Å². The molecule has 1 aliphatic rings. The molecule has 0 N–H and O–H groups in total. The minimum absolute atomic E-state index is 0.632. The Morgan fingerprint density at radius 3 is 2.33 bits per heavy atom. The van der Waals surface area contributed by atoms with Crippen molar-refractivity contribution >= 4 is 6.21 Å². The highest BCUT2D eigenvalue weighted by molar-refractivity contribution is 5.80. The predicted molar refractivity (Wildman–Crippen MR) is 86.4 cm³/mol. The first-order valence-corrected chi connectivity index (χ1v) is 8.02. The Balaban J connectivity index is 2.06. The van der Waals surface area contributed by atoms with Crippen molar-refractivity contribution in [2.45, 2.75) is 39.5 Å². The van der Waals surface area contributed by atoms with E-state index < -0.39 is 0 Å². The van der Waals surface area contributed by atoms with Gasteiger partial charge in [0, 0.05) is 13.1 Å². The van der Waals surface area contributed by atoms with Crippen molar-refractivity contribution in [1.29, 1.82) is 0 Å². The zero-order chi connectivity index (χ0) is 14.9. The summed E-state index contributed by atoms with van der Waals surface area (Å²) in [7, 11) is 0. The largest absolute Gasteiger partial charge is 0.490 e. The maximum absolute atomic E-state index is 5.64. The van der Waals surface area contributed by atoms with Crippen molar-refractivity contribution < 1.29 is 9.47 Å². The molecule has 0 aromatic heterocycles. The van der Waals surface area contributed by atoms with Crippen LogP contribution in [0.15, 0.2) is 23.3 Å². The molecule has 116 valence electrons. The van der Waals surface area contributed by atoms with Gasteiger partial charge < -0.3 is 9.47 Å². The first-order valence-electron chi connectivity index (χ1n) is 8.02. The van der Waals surface area contributed by atoms with E-state index in [0.717, 1.165) is 30.2 Å². The van der Waals surface area contributed by atoms with Gasteiger partial charge in [0.25, 0.3) is 0 Å². The number of nitrogens with zero attached hydrogens (tertiary/aromatic N) is 2. The molecule has 0 radical (unpaired) electrons. The standard InChI is InChI=1S/C17H26N2O2/c1-3-20-16-10-9-15(13-17(16)21-4-2)14-18-19-11-7-5-6-8-12-19/h9-10,13-14H,3-8,11-12H2,1-2H3. The molecular formula is C17H26N2O2. The molecule has 1 saturated heterocycles. The fourth-order valence-electron chi connectivity index (χ4n) is 2.47. The molecule has 0 atom stereocenters. The summed E-state index contributed by atoms with van der Waals surface area (Å²) in [6.45, 7) is 7.35. The molecule has 0 saturated carbocycles. The van der Waals surface area contributed by atoms with Crippen LogP contribution in [0.2, 0.25) is 0 Å². The van der Waals surface area contributed by atoms with Crippen LogP contribution in [0.4, 0.5) is 0 Å². The second-order valence-electron chi connectivity index (χ2n) is 5.18. The topological polar surface area (TPSA) is 34.1 Å². The molecule has 1 fully saturated rings. The summed E-state index contributed by atoms with van der Waals surface area (Å²) in [5, 5.41) is 6.77. The van der Waals surface area contributed by atoms with Crippen molar-refractivity contribution in [2.75, 3.05) is 26.3 Å². The Labute approximate surface area is 127 Å². The van der Waals surface area contributed by atoms with E-state index in [0.29, 0.717) is 13.2 Å². The lowest BCUT2D eigenvalue weighted by Gasteiger charge is -2.15. The monoisotopic (exact) mass is 290 g/mol. The molecule has 0 bridgehead atoms. The SMILES string of the molecule is CCOc1ccc(C=NN2CCCCCC2)cc1OCC. The van der Waals surface area contributed by atoms with Gasteiger partial charge in [-0.1, -0.05) is 12.8 Å². The fraction of sp³-hybridized carbons (Fsp3) is 0.588. The number of benzene rings is 1. The summed E-state index contributed by atoms with van der Waals surface area (Å²) in [6, 6.07) is 5.98. The average molecular weight is 290 g/mol. The van der Waals surface area contributed by atoms with Gasteiger partial charge in [0.05, 0.1) is 19.4 Å². The summed E-state index contributed by atoms with van der Waals surface area (Å²) in [5.74, 6) is 1.59. The van der Waals surface area contributed by atoms with E-state index in [1.165, 1.54) is 25.7 Å². The van der Waals surface area contributed by atoms with Gasteiger partial charge in [-0.2, -0.15) is 5.10 Å². The third kappa shape index (κ3) is 4.96. The van der Waals surface area contributed by atoms with Crippen LogP contribution in [-0.2, 0) is 0 Å². The lowest BCUT2D eigenvalue weighted by atomic mass is 10.2. The minimum Gasteiger partial charge on any atom is -0.490 e. The van der Waals surface area contributed by atoms with Gasteiger partial charge in [0.1, 0.15) is 0 Å². The summed E-state index contributed by atoms with van der Waals surface area (Å²) >= 11 is 0. The van der Waals surface area contributed by atoms with Crippen LogP contribution in [0.5, 0.6) is 11.5 Å². The van der Waals surface area contributed by atoms with Gasteiger partial charge in [-0.25, -0.2) is 0 Å². The number of rotatable bonds is 6. The highest BCUT2D eigenvalue weighted by atomic mass is 16.5. The first-order chi connectivity index (χ1) is 10.3.